The van der Waals surface area contributed by atoms with Crippen molar-refractivity contribution in [1.29, 1.82) is 0 Å². The van der Waals surface area contributed by atoms with E-state index in [-0.39, 0.29) is 36.9 Å². The number of hydrogen-bond donors (Lipinski definition) is 1. The van der Waals surface area contributed by atoms with E-state index in [4.69, 9.17) is 14.2 Å². The Morgan fingerprint density at radius 1 is 0.978 bits per heavy atom. The maximum Gasteiger partial charge on any atom is 0.261 e. The summed E-state index contributed by atoms with van der Waals surface area (Å²) in [5.74, 6) is -0.906. The summed E-state index contributed by atoms with van der Waals surface area (Å²) in [4.78, 5) is 28.9. The van der Waals surface area contributed by atoms with Crippen LogP contribution in [0.5, 0.6) is 5.75 Å². The molecule has 0 aliphatic carbocycles. The van der Waals surface area contributed by atoms with Gasteiger partial charge in [-0.15, -0.1) is 0 Å². The molecule has 0 aromatic heterocycles. The molecule has 1 aliphatic rings. The number of hydrogen-bond acceptors (Lipinski definition) is 7. The molecule has 0 radical (unpaired) electrons. The zero-order valence-electron chi connectivity index (χ0n) is 25.4. The molecular formula is C33H40FN3O7S. The smallest absolute Gasteiger partial charge is 0.261 e. The zero-order valence-corrected chi connectivity index (χ0v) is 26.2. The molecule has 3 aromatic rings. The third-order valence-corrected chi connectivity index (χ3v) is 9.21. The number of nitrogens with one attached hydrogen (secondary N) is 1. The van der Waals surface area contributed by atoms with E-state index in [1.807, 2.05) is 37.3 Å². The number of morpholine rings is 1. The first-order chi connectivity index (χ1) is 21.8. The summed E-state index contributed by atoms with van der Waals surface area (Å²) in [5.41, 5.74) is 1.51. The molecular weight excluding hydrogens is 601 g/mol. The van der Waals surface area contributed by atoms with Crippen LogP contribution in [0.2, 0.25) is 0 Å². The Hall–Kier alpha value is -3.84. The van der Waals surface area contributed by atoms with Gasteiger partial charge in [0.05, 0.1) is 18.1 Å². The summed E-state index contributed by atoms with van der Waals surface area (Å²) >= 11 is 0. The van der Waals surface area contributed by atoms with Crippen LogP contribution < -0.4 is 10.1 Å². The third kappa shape index (κ3) is 10.1. The second-order valence-corrected chi connectivity index (χ2v) is 12.4. The van der Waals surface area contributed by atoms with Crippen LogP contribution in [0.25, 0.3) is 0 Å². The van der Waals surface area contributed by atoms with Crippen molar-refractivity contribution >= 4 is 21.8 Å². The highest BCUT2D eigenvalue weighted by atomic mass is 32.2. The van der Waals surface area contributed by atoms with Crippen molar-refractivity contribution < 1.29 is 36.6 Å². The fraction of sp³-hybridized carbons (Fsp3) is 0.394. The first-order valence-corrected chi connectivity index (χ1v) is 16.5. The van der Waals surface area contributed by atoms with Crippen LogP contribution in [0.4, 0.5) is 4.39 Å². The number of amides is 2. The van der Waals surface area contributed by atoms with Crippen LogP contribution in [-0.2, 0) is 42.1 Å². The topological polar surface area (TPSA) is 114 Å². The monoisotopic (exact) mass is 641 g/mol. The molecule has 12 heteroatoms. The van der Waals surface area contributed by atoms with E-state index in [1.54, 1.807) is 12.1 Å². The van der Waals surface area contributed by atoms with Gasteiger partial charge in [0.2, 0.25) is 15.9 Å². The fourth-order valence-electron chi connectivity index (χ4n) is 4.86. The molecule has 2 amide bonds. The van der Waals surface area contributed by atoms with E-state index in [9.17, 15) is 22.4 Å². The molecule has 10 nitrogen and oxygen atoms in total. The summed E-state index contributed by atoms with van der Waals surface area (Å²) in [6.45, 7) is 4.24. The molecule has 0 bridgehead atoms. The Bertz CT molecular complexity index is 1470. The standard InChI is InChI=1S/C33H40FN3O7S/c1-2-42-20-6-17-35-33(39)31(23-26-7-4-3-5-8-26)37(24-27-9-11-28(34)12-10-27)32(38)25-44-29-13-15-30(16-14-29)45(40,41)36-18-21-43-22-19-36/h3-5,7-16,31H,2,6,17-25H2,1H3,(H,35,39)/t31-/m1/s1. The van der Waals surface area contributed by atoms with Gasteiger partial charge in [0.15, 0.2) is 6.61 Å². The quantitative estimate of drug-likeness (QED) is 0.239. The normalized spacial score (nSPS) is 14.4. The third-order valence-electron chi connectivity index (χ3n) is 7.30. The van der Waals surface area contributed by atoms with E-state index < -0.39 is 34.4 Å². The van der Waals surface area contributed by atoms with Crippen LogP contribution in [0.3, 0.4) is 0 Å². The van der Waals surface area contributed by atoms with Crippen LogP contribution >= 0.6 is 0 Å². The molecule has 3 aromatic carbocycles. The summed E-state index contributed by atoms with van der Waals surface area (Å²) < 4.78 is 57.4. The van der Waals surface area contributed by atoms with Crippen LogP contribution in [0.1, 0.15) is 24.5 Å². The van der Waals surface area contributed by atoms with Crippen LogP contribution in [0, 0.1) is 5.82 Å². The molecule has 0 saturated carbocycles. The lowest BCUT2D eigenvalue weighted by Gasteiger charge is -2.31. The average molecular weight is 642 g/mol. The predicted octanol–water partition coefficient (Wildman–Crippen LogP) is 3.41. The Labute approximate surface area is 264 Å². The SMILES string of the molecule is CCOCCCNC(=O)[C@@H](Cc1ccccc1)N(Cc1ccc(F)cc1)C(=O)COc1ccc(S(=O)(=O)N2CCOCC2)cc1. The van der Waals surface area contributed by atoms with E-state index in [0.29, 0.717) is 50.7 Å². The molecule has 0 spiro atoms. The van der Waals surface area contributed by atoms with Crippen molar-refractivity contribution in [3.63, 3.8) is 0 Å². The van der Waals surface area contributed by atoms with Crippen molar-refractivity contribution in [2.75, 3.05) is 52.7 Å². The lowest BCUT2D eigenvalue weighted by Crippen LogP contribution is -2.52. The minimum absolute atomic E-state index is 0.0447. The molecule has 1 atom stereocenters. The second-order valence-electron chi connectivity index (χ2n) is 10.5. The van der Waals surface area contributed by atoms with Crippen molar-refractivity contribution in [2.45, 2.75) is 37.2 Å². The number of carbonyl (C=O) groups is 2. The highest BCUT2D eigenvalue weighted by Gasteiger charge is 2.31. The predicted molar refractivity (Wildman–Crippen MR) is 167 cm³/mol. The van der Waals surface area contributed by atoms with E-state index in [1.165, 1.54) is 45.6 Å². The van der Waals surface area contributed by atoms with Gasteiger partial charge in [0.25, 0.3) is 5.91 Å². The number of nitrogens with zero attached hydrogens (tertiary/aromatic N) is 2. The molecule has 1 saturated heterocycles. The lowest BCUT2D eigenvalue weighted by atomic mass is 10.0. The number of sulfonamides is 1. The minimum atomic E-state index is -3.68. The summed E-state index contributed by atoms with van der Waals surface area (Å²) in [6.07, 6.45) is 0.864. The highest BCUT2D eigenvalue weighted by Crippen LogP contribution is 2.21. The Kier molecular flexibility index (Phi) is 12.9. The van der Waals surface area contributed by atoms with Gasteiger partial charge in [-0.1, -0.05) is 42.5 Å². The van der Waals surface area contributed by atoms with Crippen LogP contribution in [0.15, 0.2) is 83.8 Å². The maximum atomic E-state index is 13.8. The van der Waals surface area contributed by atoms with Gasteiger partial charge < -0.3 is 24.4 Å². The second kappa shape index (κ2) is 17.0. The molecule has 1 fully saturated rings. The van der Waals surface area contributed by atoms with Crippen LogP contribution in [-0.4, -0.2) is 88.1 Å². The highest BCUT2D eigenvalue weighted by molar-refractivity contribution is 7.89. The zero-order chi connectivity index (χ0) is 32.1. The van der Waals surface area contributed by atoms with E-state index >= 15 is 0 Å². The largest absolute Gasteiger partial charge is 0.484 e. The van der Waals surface area contributed by atoms with Crippen molar-refractivity contribution in [2.24, 2.45) is 0 Å². The molecule has 0 unspecified atom stereocenters. The number of carbonyl (C=O) groups excluding carboxylic acids is 2. The maximum absolute atomic E-state index is 13.8. The van der Waals surface area contributed by atoms with Crippen molar-refractivity contribution in [3.05, 3.63) is 95.8 Å². The number of halogens is 1. The molecule has 242 valence electrons. The van der Waals surface area contributed by atoms with E-state index in [0.717, 1.165) is 5.56 Å². The summed E-state index contributed by atoms with van der Waals surface area (Å²) in [6, 6.07) is 20.1. The summed E-state index contributed by atoms with van der Waals surface area (Å²) in [7, 11) is -3.68. The van der Waals surface area contributed by atoms with Gasteiger partial charge in [-0.3, -0.25) is 9.59 Å². The van der Waals surface area contributed by atoms with Crippen molar-refractivity contribution in [1.82, 2.24) is 14.5 Å². The van der Waals surface area contributed by atoms with Gasteiger partial charge in [0, 0.05) is 45.8 Å². The number of rotatable bonds is 16. The molecule has 4 rings (SSSR count). The Morgan fingerprint density at radius 2 is 1.67 bits per heavy atom. The van der Waals surface area contributed by atoms with Gasteiger partial charge in [-0.2, -0.15) is 4.31 Å². The molecule has 1 heterocycles. The first-order valence-electron chi connectivity index (χ1n) is 15.0. The molecule has 1 aliphatic heterocycles. The first kappa shape index (κ1) is 34.0. The Balaban J connectivity index is 1.52. The minimum Gasteiger partial charge on any atom is -0.484 e. The van der Waals surface area contributed by atoms with Gasteiger partial charge >= 0.3 is 0 Å². The number of benzene rings is 3. The number of ether oxygens (including phenoxy) is 3. The lowest BCUT2D eigenvalue weighted by molar-refractivity contribution is -0.142. The average Bonchev–Trinajstić information content (AvgIpc) is 3.07. The fourth-order valence-corrected chi connectivity index (χ4v) is 6.27. The molecule has 45 heavy (non-hydrogen) atoms. The van der Waals surface area contributed by atoms with Gasteiger partial charge in [-0.25, -0.2) is 12.8 Å². The van der Waals surface area contributed by atoms with Gasteiger partial charge in [-0.05, 0) is 60.9 Å². The van der Waals surface area contributed by atoms with E-state index in [2.05, 4.69) is 5.32 Å². The molecule has 1 N–H and O–H groups in total. The Morgan fingerprint density at radius 3 is 2.33 bits per heavy atom. The van der Waals surface area contributed by atoms with Gasteiger partial charge in [0.1, 0.15) is 17.6 Å². The van der Waals surface area contributed by atoms with Crippen molar-refractivity contribution in [3.8, 4) is 5.75 Å². The summed E-state index contributed by atoms with van der Waals surface area (Å²) in [5, 5.41) is 2.93.